The number of aromatic nitrogens is 2. The quantitative estimate of drug-likeness (QED) is 0.300. The zero-order valence-corrected chi connectivity index (χ0v) is 19.3. The highest BCUT2D eigenvalue weighted by Gasteiger charge is 2.13. The van der Waals surface area contributed by atoms with Crippen LogP contribution in [0.25, 0.3) is 5.69 Å². The van der Waals surface area contributed by atoms with E-state index in [1.165, 1.54) is 5.56 Å². The van der Waals surface area contributed by atoms with E-state index < -0.39 is 0 Å². The second kappa shape index (κ2) is 10.5. The minimum absolute atomic E-state index is 0. The number of para-hydroxylation sites is 1. The summed E-state index contributed by atoms with van der Waals surface area (Å²) in [5.74, 6) is 0.746. The lowest BCUT2D eigenvalue weighted by atomic mass is 10.2. The molecule has 3 aromatic rings. The molecule has 0 spiro atoms. The molecule has 0 fully saturated rings. The molecule has 1 heterocycles. The Balaban J connectivity index is 0.00000280. The second-order valence-corrected chi connectivity index (χ2v) is 6.74. The monoisotopic (exact) mass is 509 g/mol. The maximum Gasteiger partial charge on any atom is 0.191 e. The van der Waals surface area contributed by atoms with Crippen molar-refractivity contribution in [3.05, 3.63) is 82.1 Å². The number of nitrogens with one attached hydrogen (secondary N) is 2. The number of hydrogen-bond donors (Lipinski definition) is 2. The Morgan fingerprint density at radius 1 is 1.00 bits per heavy atom. The molecule has 5 nitrogen and oxygen atoms in total. The van der Waals surface area contributed by atoms with E-state index in [-0.39, 0.29) is 24.0 Å². The standard InChI is InChI=1S/C21H24ClN5.HI/c1-15-20(16(2)27(26-15)19-7-5-4-6-8-19)14-25-21(23-3)24-13-17-9-11-18(22)12-10-17;/h4-12H,13-14H2,1-3H3,(H2,23,24,25);1H. The van der Waals surface area contributed by atoms with Crippen LogP contribution in [-0.4, -0.2) is 22.8 Å². The molecule has 28 heavy (non-hydrogen) atoms. The van der Waals surface area contributed by atoms with Gasteiger partial charge in [-0.05, 0) is 43.7 Å². The van der Waals surface area contributed by atoms with Crippen LogP contribution in [0.5, 0.6) is 0 Å². The molecular weight excluding hydrogens is 485 g/mol. The fraction of sp³-hybridized carbons (Fsp3) is 0.238. The molecular formula is C21H25ClIN5. The maximum atomic E-state index is 5.93. The van der Waals surface area contributed by atoms with Crippen LogP contribution in [0.2, 0.25) is 5.02 Å². The number of aryl methyl sites for hydroxylation is 1. The highest BCUT2D eigenvalue weighted by Crippen LogP contribution is 2.17. The van der Waals surface area contributed by atoms with Crippen molar-refractivity contribution in [2.45, 2.75) is 26.9 Å². The van der Waals surface area contributed by atoms with Gasteiger partial charge in [-0.15, -0.1) is 24.0 Å². The molecule has 0 amide bonds. The van der Waals surface area contributed by atoms with E-state index in [9.17, 15) is 0 Å². The van der Waals surface area contributed by atoms with Gasteiger partial charge >= 0.3 is 0 Å². The SMILES string of the molecule is CN=C(NCc1ccc(Cl)cc1)NCc1c(C)nn(-c2ccccc2)c1C.I. The lowest BCUT2D eigenvalue weighted by Gasteiger charge is -2.12. The molecule has 0 saturated carbocycles. The van der Waals surface area contributed by atoms with Gasteiger partial charge in [-0.3, -0.25) is 4.99 Å². The zero-order valence-electron chi connectivity index (χ0n) is 16.2. The van der Waals surface area contributed by atoms with Gasteiger partial charge in [0.1, 0.15) is 0 Å². The van der Waals surface area contributed by atoms with Crippen LogP contribution in [0.15, 0.2) is 59.6 Å². The molecule has 2 aromatic carbocycles. The van der Waals surface area contributed by atoms with Crippen LogP contribution in [0.3, 0.4) is 0 Å². The molecule has 3 rings (SSSR count). The van der Waals surface area contributed by atoms with Gasteiger partial charge in [-0.2, -0.15) is 5.10 Å². The topological polar surface area (TPSA) is 54.2 Å². The maximum absolute atomic E-state index is 5.93. The Bertz CT molecular complexity index is 920. The minimum atomic E-state index is 0. The molecule has 0 unspecified atom stereocenters. The third-order valence-electron chi connectivity index (χ3n) is 4.47. The molecule has 0 radical (unpaired) electrons. The second-order valence-electron chi connectivity index (χ2n) is 6.30. The van der Waals surface area contributed by atoms with Crippen LogP contribution in [0.1, 0.15) is 22.5 Å². The van der Waals surface area contributed by atoms with Crippen LogP contribution in [0.4, 0.5) is 0 Å². The first-order chi connectivity index (χ1) is 13.1. The van der Waals surface area contributed by atoms with Crippen molar-refractivity contribution in [1.29, 1.82) is 0 Å². The number of halogens is 2. The van der Waals surface area contributed by atoms with Gasteiger partial charge in [-0.1, -0.05) is 41.9 Å². The largest absolute Gasteiger partial charge is 0.352 e. The predicted octanol–water partition coefficient (Wildman–Crippen LogP) is 4.63. The van der Waals surface area contributed by atoms with E-state index in [0.29, 0.717) is 13.1 Å². The van der Waals surface area contributed by atoms with Crippen LogP contribution >= 0.6 is 35.6 Å². The summed E-state index contributed by atoms with van der Waals surface area (Å²) in [5, 5.41) is 12.1. The molecule has 1 aromatic heterocycles. The Hall–Kier alpha value is -2.06. The van der Waals surface area contributed by atoms with E-state index >= 15 is 0 Å². The first-order valence-corrected chi connectivity index (χ1v) is 9.25. The smallest absolute Gasteiger partial charge is 0.191 e. The van der Waals surface area contributed by atoms with Gasteiger partial charge in [0.25, 0.3) is 0 Å². The summed E-state index contributed by atoms with van der Waals surface area (Å²) in [4.78, 5) is 4.30. The summed E-state index contributed by atoms with van der Waals surface area (Å²) in [6, 6.07) is 17.9. The van der Waals surface area contributed by atoms with Crippen molar-refractivity contribution in [2.24, 2.45) is 4.99 Å². The summed E-state index contributed by atoms with van der Waals surface area (Å²) < 4.78 is 1.98. The molecule has 148 valence electrons. The number of nitrogens with zero attached hydrogens (tertiary/aromatic N) is 3. The average Bonchev–Trinajstić information content (AvgIpc) is 2.98. The Morgan fingerprint density at radius 3 is 2.29 bits per heavy atom. The first-order valence-electron chi connectivity index (χ1n) is 8.88. The minimum Gasteiger partial charge on any atom is -0.352 e. The molecule has 0 aliphatic carbocycles. The van der Waals surface area contributed by atoms with Gasteiger partial charge in [0.2, 0.25) is 0 Å². The summed E-state index contributed by atoms with van der Waals surface area (Å²) in [6.45, 7) is 5.46. The Labute approximate surface area is 188 Å². The number of benzene rings is 2. The summed E-state index contributed by atoms with van der Waals surface area (Å²) in [5.41, 5.74) is 5.52. The van der Waals surface area contributed by atoms with Gasteiger partial charge in [-0.25, -0.2) is 4.68 Å². The lowest BCUT2D eigenvalue weighted by molar-refractivity contribution is 0.800. The van der Waals surface area contributed by atoms with Crippen molar-refractivity contribution in [3.63, 3.8) is 0 Å². The van der Waals surface area contributed by atoms with E-state index in [2.05, 4.69) is 39.8 Å². The number of aliphatic imine (C=N–C) groups is 1. The van der Waals surface area contributed by atoms with Crippen LogP contribution < -0.4 is 10.6 Å². The van der Waals surface area contributed by atoms with E-state index in [1.807, 2.05) is 54.1 Å². The fourth-order valence-corrected chi connectivity index (χ4v) is 3.06. The summed E-state index contributed by atoms with van der Waals surface area (Å²) in [6.07, 6.45) is 0. The fourth-order valence-electron chi connectivity index (χ4n) is 2.93. The summed E-state index contributed by atoms with van der Waals surface area (Å²) >= 11 is 5.93. The number of rotatable bonds is 5. The molecule has 0 aliphatic rings. The molecule has 0 aliphatic heterocycles. The molecule has 7 heteroatoms. The molecule has 0 saturated heterocycles. The average molecular weight is 510 g/mol. The van der Waals surface area contributed by atoms with Crippen LogP contribution in [-0.2, 0) is 13.1 Å². The van der Waals surface area contributed by atoms with Crippen molar-refractivity contribution >= 4 is 41.5 Å². The van der Waals surface area contributed by atoms with Gasteiger partial charge in [0, 0.05) is 36.4 Å². The Kier molecular flexibility index (Phi) is 8.32. The lowest BCUT2D eigenvalue weighted by Crippen LogP contribution is -2.36. The zero-order chi connectivity index (χ0) is 19.2. The highest BCUT2D eigenvalue weighted by atomic mass is 127. The summed E-state index contributed by atoms with van der Waals surface area (Å²) in [7, 11) is 1.77. The number of guanidine groups is 1. The Morgan fingerprint density at radius 2 is 1.64 bits per heavy atom. The predicted molar refractivity (Wildman–Crippen MR) is 127 cm³/mol. The van der Waals surface area contributed by atoms with E-state index in [1.54, 1.807) is 7.05 Å². The van der Waals surface area contributed by atoms with Gasteiger partial charge in [0.15, 0.2) is 5.96 Å². The van der Waals surface area contributed by atoms with E-state index in [4.69, 9.17) is 11.6 Å². The van der Waals surface area contributed by atoms with Crippen molar-refractivity contribution < 1.29 is 0 Å². The van der Waals surface area contributed by atoms with Crippen molar-refractivity contribution in [2.75, 3.05) is 7.05 Å². The molecule has 0 bridgehead atoms. The number of hydrogen-bond acceptors (Lipinski definition) is 2. The van der Waals surface area contributed by atoms with Crippen molar-refractivity contribution in [3.8, 4) is 5.69 Å². The van der Waals surface area contributed by atoms with Gasteiger partial charge < -0.3 is 10.6 Å². The van der Waals surface area contributed by atoms with E-state index in [0.717, 1.165) is 33.6 Å². The van der Waals surface area contributed by atoms with Gasteiger partial charge in [0.05, 0.1) is 11.4 Å². The molecule has 2 N–H and O–H groups in total. The third-order valence-corrected chi connectivity index (χ3v) is 4.72. The third kappa shape index (κ3) is 5.48. The molecule has 0 atom stereocenters. The normalized spacial score (nSPS) is 11.1. The highest BCUT2D eigenvalue weighted by molar-refractivity contribution is 14.0. The van der Waals surface area contributed by atoms with Crippen LogP contribution in [0, 0.1) is 13.8 Å². The van der Waals surface area contributed by atoms with Crippen molar-refractivity contribution in [1.82, 2.24) is 20.4 Å². The first kappa shape index (κ1) is 22.2.